The molecule has 0 saturated carbocycles. The van der Waals surface area contributed by atoms with Crippen LogP contribution in [0.2, 0.25) is 0 Å². The highest BCUT2D eigenvalue weighted by molar-refractivity contribution is 5.93. The van der Waals surface area contributed by atoms with Crippen LogP contribution in [0.4, 0.5) is 11.4 Å². The van der Waals surface area contributed by atoms with E-state index in [1.165, 1.54) is 25.3 Å². The zero-order valence-electron chi connectivity index (χ0n) is 12.7. The second-order valence-electron chi connectivity index (χ2n) is 4.81. The third-order valence-electron chi connectivity index (χ3n) is 3.21. The number of amides is 1. The van der Waals surface area contributed by atoms with Gasteiger partial charge in [-0.3, -0.25) is 20.2 Å². The molecule has 2 aromatic rings. The summed E-state index contributed by atoms with van der Waals surface area (Å²) in [6, 6.07) is 7.47. The SMILES string of the molecule is COc1cc([N+](=O)[O-])ccc1NC(=O)CN[C@H](C)c1ccco1. The van der Waals surface area contributed by atoms with E-state index in [0.717, 1.165) is 5.76 Å². The molecule has 2 N–H and O–H groups in total. The van der Waals surface area contributed by atoms with E-state index in [1.807, 2.05) is 13.0 Å². The van der Waals surface area contributed by atoms with E-state index in [9.17, 15) is 14.9 Å². The van der Waals surface area contributed by atoms with Gasteiger partial charge in [-0.15, -0.1) is 0 Å². The van der Waals surface area contributed by atoms with E-state index in [2.05, 4.69) is 10.6 Å². The van der Waals surface area contributed by atoms with Crippen LogP contribution < -0.4 is 15.4 Å². The van der Waals surface area contributed by atoms with Crippen molar-refractivity contribution in [2.24, 2.45) is 0 Å². The molecule has 0 unspecified atom stereocenters. The van der Waals surface area contributed by atoms with Crippen molar-refractivity contribution in [3.05, 3.63) is 52.5 Å². The van der Waals surface area contributed by atoms with Gasteiger partial charge in [0.15, 0.2) is 0 Å². The average molecular weight is 319 g/mol. The fourth-order valence-corrected chi connectivity index (χ4v) is 1.98. The van der Waals surface area contributed by atoms with Crippen LogP contribution in [0.15, 0.2) is 41.0 Å². The first-order valence-corrected chi connectivity index (χ1v) is 6.90. The van der Waals surface area contributed by atoms with Crippen molar-refractivity contribution in [2.75, 3.05) is 19.0 Å². The molecule has 122 valence electrons. The molecule has 1 heterocycles. The van der Waals surface area contributed by atoms with Crippen LogP contribution in [0.3, 0.4) is 0 Å². The third-order valence-corrected chi connectivity index (χ3v) is 3.21. The van der Waals surface area contributed by atoms with Gasteiger partial charge in [-0.1, -0.05) is 0 Å². The van der Waals surface area contributed by atoms with Crippen LogP contribution >= 0.6 is 0 Å². The largest absolute Gasteiger partial charge is 0.494 e. The predicted octanol–water partition coefficient (Wildman–Crippen LogP) is 2.49. The number of carbonyl (C=O) groups excluding carboxylic acids is 1. The van der Waals surface area contributed by atoms with Crippen molar-refractivity contribution in [1.82, 2.24) is 5.32 Å². The summed E-state index contributed by atoms with van der Waals surface area (Å²) in [5, 5.41) is 16.4. The van der Waals surface area contributed by atoms with Gasteiger partial charge in [0.05, 0.1) is 42.6 Å². The minimum absolute atomic E-state index is 0.0575. The number of rotatable bonds is 7. The molecule has 23 heavy (non-hydrogen) atoms. The number of nitrogens with zero attached hydrogens (tertiary/aromatic N) is 1. The Morgan fingerprint density at radius 2 is 2.22 bits per heavy atom. The van der Waals surface area contributed by atoms with Gasteiger partial charge < -0.3 is 14.5 Å². The van der Waals surface area contributed by atoms with Crippen LogP contribution in [-0.2, 0) is 4.79 Å². The highest BCUT2D eigenvalue weighted by Gasteiger charge is 2.14. The smallest absolute Gasteiger partial charge is 0.273 e. The van der Waals surface area contributed by atoms with Crippen molar-refractivity contribution in [1.29, 1.82) is 0 Å². The minimum Gasteiger partial charge on any atom is -0.494 e. The summed E-state index contributed by atoms with van der Waals surface area (Å²) in [5.41, 5.74) is 0.264. The molecular weight excluding hydrogens is 302 g/mol. The summed E-state index contributed by atoms with van der Waals surface area (Å²) in [6.07, 6.45) is 1.56. The third kappa shape index (κ3) is 4.30. The molecule has 0 aliphatic heterocycles. The lowest BCUT2D eigenvalue weighted by Crippen LogP contribution is -2.30. The number of methoxy groups -OCH3 is 1. The Bertz CT molecular complexity index is 684. The summed E-state index contributed by atoms with van der Waals surface area (Å²) >= 11 is 0. The molecule has 8 heteroatoms. The topological polar surface area (TPSA) is 107 Å². The van der Waals surface area contributed by atoms with Crippen molar-refractivity contribution in [3.8, 4) is 5.75 Å². The molecule has 0 fully saturated rings. The molecule has 0 bridgehead atoms. The Morgan fingerprint density at radius 3 is 2.83 bits per heavy atom. The summed E-state index contributed by atoms with van der Waals surface area (Å²) < 4.78 is 10.3. The van der Waals surface area contributed by atoms with Crippen LogP contribution in [0.1, 0.15) is 18.7 Å². The van der Waals surface area contributed by atoms with Gasteiger partial charge in [0.2, 0.25) is 5.91 Å². The highest BCUT2D eigenvalue weighted by atomic mass is 16.6. The lowest BCUT2D eigenvalue weighted by atomic mass is 10.2. The number of hydrogen-bond donors (Lipinski definition) is 2. The molecule has 0 spiro atoms. The van der Waals surface area contributed by atoms with E-state index in [0.29, 0.717) is 5.69 Å². The lowest BCUT2D eigenvalue weighted by molar-refractivity contribution is -0.384. The maximum atomic E-state index is 12.0. The fourth-order valence-electron chi connectivity index (χ4n) is 1.98. The van der Waals surface area contributed by atoms with Gasteiger partial charge in [-0.2, -0.15) is 0 Å². The number of carbonyl (C=O) groups is 1. The second-order valence-corrected chi connectivity index (χ2v) is 4.81. The van der Waals surface area contributed by atoms with Gasteiger partial charge in [0.1, 0.15) is 11.5 Å². The molecule has 8 nitrogen and oxygen atoms in total. The maximum absolute atomic E-state index is 12.0. The second kappa shape index (κ2) is 7.41. The van der Waals surface area contributed by atoms with Gasteiger partial charge in [-0.05, 0) is 25.1 Å². The molecule has 1 aromatic carbocycles. The predicted molar refractivity (Wildman–Crippen MR) is 83.4 cm³/mol. The van der Waals surface area contributed by atoms with E-state index < -0.39 is 4.92 Å². The van der Waals surface area contributed by atoms with Gasteiger partial charge in [0.25, 0.3) is 5.69 Å². The molecule has 0 aliphatic rings. The minimum atomic E-state index is -0.527. The standard InChI is InChI=1S/C15H17N3O5/c1-10(13-4-3-7-23-13)16-9-15(19)17-12-6-5-11(18(20)21)8-14(12)22-2/h3-8,10,16H,9H2,1-2H3,(H,17,19)/t10-/m1/s1. The van der Waals surface area contributed by atoms with Crippen LogP contribution in [0.25, 0.3) is 0 Å². The zero-order chi connectivity index (χ0) is 16.8. The quantitative estimate of drug-likeness (QED) is 0.600. The van der Waals surface area contributed by atoms with E-state index in [1.54, 1.807) is 12.3 Å². The molecule has 1 atom stereocenters. The number of non-ortho nitro benzene ring substituents is 1. The molecule has 1 aromatic heterocycles. The first-order chi connectivity index (χ1) is 11.0. The van der Waals surface area contributed by atoms with Crippen LogP contribution in [0.5, 0.6) is 5.75 Å². The maximum Gasteiger partial charge on any atom is 0.273 e. The Kier molecular flexibility index (Phi) is 5.32. The number of ether oxygens (including phenoxy) is 1. The summed E-state index contributed by atoms with van der Waals surface area (Å²) in [6.45, 7) is 1.93. The van der Waals surface area contributed by atoms with Gasteiger partial charge in [-0.25, -0.2) is 0 Å². The van der Waals surface area contributed by atoms with Gasteiger partial charge >= 0.3 is 0 Å². The first-order valence-electron chi connectivity index (χ1n) is 6.90. The van der Waals surface area contributed by atoms with E-state index in [4.69, 9.17) is 9.15 Å². The summed E-state index contributed by atoms with van der Waals surface area (Å²) in [7, 11) is 1.38. The zero-order valence-corrected chi connectivity index (χ0v) is 12.7. The number of anilines is 1. The molecule has 1 amide bonds. The Labute approximate surface area is 132 Å². The van der Waals surface area contributed by atoms with Crippen molar-refractivity contribution in [3.63, 3.8) is 0 Å². The van der Waals surface area contributed by atoms with Crippen molar-refractivity contribution < 1.29 is 18.9 Å². The normalized spacial score (nSPS) is 11.7. The molecule has 0 saturated heterocycles. The number of furan rings is 1. The van der Waals surface area contributed by atoms with E-state index >= 15 is 0 Å². The number of nitro benzene ring substituents is 1. The van der Waals surface area contributed by atoms with Crippen molar-refractivity contribution in [2.45, 2.75) is 13.0 Å². The lowest BCUT2D eigenvalue weighted by Gasteiger charge is -2.13. The number of nitro groups is 1. The van der Waals surface area contributed by atoms with Gasteiger partial charge in [0, 0.05) is 6.07 Å². The Balaban J connectivity index is 1.96. The average Bonchev–Trinajstić information content (AvgIpc) is 3.07. The summed E-state index contributed by atoms with van der Waals surface area (Å²) in [4.78, 5) is 22.2. The molecule has 2 rings (SSSR count). The van der Waals surface area contributed by atoms with E-state index in [-0.39, 0.29) is 29.9 Å². The molecule has 0 radical (unpaired) electrons. The number of nitrogens with one attached hydrogen (secondary N) is 2. The van der Waals surface area contributed by atoms with Crippen molar-refractivity contribution >= 4 is 17.3 Å². The van der Waals surface area contributed by atoms with Crippen LogP contribution in [-0.4, -0.2) is 24.5 Å². The Morgan fingerprint density at radius 1 is 1.43 bits per heavy atom. The summed E-state index contributed by atoms with van der Waals surface area (Å²) in [5.74, 6) is 0.660. The Hall–Kier alpha value is -2.87. The number of benzene rings is 1. The van der Waals surface area contributed by atoms with Crippen LogP contribution in [0, 0.1) is 10.1 Å². The number of hydrogen-bond acceptors (Lipinski definition) is 6. The first kappa shape index (κ1) is 16.5. The molecular formula is C15H17N3O5. The highest BCUT2D eigenvalue weighted by Crippen LogP contribution is 2.28. The molecule has 0 aliphatic carbocycles. The monoisotopic (exact) mass is 319 g/mol. The fraction of sp³-hybridized carbons (Fsp3) is 0.267.